The Morgan fingerprint density at radius 3 is 1.97 bits per heavy atom. The van der Waals surface area contributed by atoms with Crippen molar-refractivity contribution >= 4 is 17.9 Å². The summed E-state index contributed by atoms with van der Waals surface area (Å²) in [6.45, 7) is 2.46. The molecule has 0 saturated carbocycles. The number of furan rings is 2. The minimum atomic E-state index is -5.08. The number of pyridine rings is 1. The zero-order valence-corrected chi connectivity index (χ0v) is 19.6. The third-order valence-corrected chi connectivity index (χ3v) is 5.02. The summed E-state index contributed by atoms with van der Waals surface area (Å²) in [5, 5.41) is 23.8. The number of carboxylic acids is 3. The van der Waals surface area contributed by atoms with Crippen molar-refractivity contribution in [2.24, 2.45) is 0 Å². The first-order valence-corrected chi connectivity index (χ1v) is 10.7. The van der Waals surface area contributed by atoms with E-state index in [1.54, 1.807) is 18.4 Å². The molecule has 0 aliphatic carbocycles. The zero-order valence-electron chi connectivity index (χ0n) is 19.6. The molecule has 1 aliphatic heterocycles. The van der Waals surface area contributed by atoms with Crippen LogP contribution < -0.4 is 0 Å². The minimum Gasteiger partial charge on any atom is -0.478 e. The summed E-state index contributed by atoms with van der Waals surface area (Å²) in [5.74, 6) is -5.55. The molecule has 39 heavy (non-hydrogen) atoms. The van der Waals surface area contributed by atoms with Gasteiger partial charge >= 0.3 is 30.3 Å². The van der Waals surface area contributed by atoms with Gasteiger partial charge in [0.05, 0.1) is 36.6 Å². The number of rotatable bonds is 4. The fraction of sp³-hybridized carbons (Fsp3) is 0.304. The van der Waals surface area contributed by atoms with E-state index in [1.807, 2.05) is 12.1 Å². The Balaban J connectivity index is 0.000000317. The van der Waals surface area contributed by atoms with Gasteiger partial charge in [0.2, 0.25) is 0 Å². The van der Waals surface area contributed by atoms with Crippen LogP contribution in [-0.4, -0.2) is 68.6 Å². The van der Waals surface area contributed by atoms with Gasteiger partial charge in [-0.2, -0.15) is 26.3 Å². The first-order valence-electron chi connectivity index (χ1n) is 10.7. The lowest BCUT2D eigenvalue weighted by Crippen LogP contribution is -2.25. The van der Waals surface area contributed by atoms with Gasteiger partial charge in [-0.25, -0.2) is 14.4 Å². The monoisotopic (exact) mass is 566 g/mol. The van der Waals surface area contributed by atoms with Crippen molar-refractivity contribution in [2.45, 2.75) is 31.7 Å². The van der Waals surface area contributed by atoms with E-state index >= 15 is 0 Å². The van der Waals surface area contributed by atoms with E-state index in [0.29, 0.717) is 11.3 Å². The highest BCUT2D eigenvalue weighted by Crippen LogP contribution is 2.27. The third-order valence-electron chi connectivity index (χ3n) is 5.02. The Hall–Kier alpha value is -4.34. The number of nitrogens with zero attached hydrogens (tertiary/aromatic N) is 2. The van der Waals surface area contributed by atoms with Crippen LogP contribution in [-0.2, 0) is 29.0 Å². The maximum atomic E-state index is 11.7. The normalized spacial score (nSPS) is 13.6. The van der Waals surface area contributed by atoms with Crippen LogP contribution in [0.3, 0.4) is 0 Å². The first kappa shape index (κ1) is 30.9. The number of fused-ring (bicyclic) bond motifs is 1. The van der Waals surface area contributed by atoms with Crippen molar-refractivity contribution in [2.75, 3.05) is 13.1 Å². The number of alkyl halides is 6. The summed E-state index contributed by atoms with van der Waals surface area (Å²) < 4.78 is 74.0. The number of carboxylic acid groups (broad SMARTS) is 3. The van der Waals surface area contributed by atoms with E-state index in [4.69, 9.17) is 28.6 Å². The van der Waals surface area contributed by atoms with Crippen LogP contribution in [0.2, 0.25) is 0 Å². The van der Waals surface area contributed by atoms with Crippen molar-refractivity contribution in [1.29, 1.82) is 0 Å². The standard InChI is InChI=1S/C19H18N2O4.2C2HF3O2/c22-19(23)16-10-13-3-6-21(11-15-2-1-8-25-15)7-4-17(13)20-18(16)14-5-9-24-12-14;2*3-2(4,5)1(6)7/h1-2,5,8-10,12H,3-4,6-7,11H2,(H,22,23);2*(H,6,7). The summed E-state index contributed by atoms with van der Waals surface area (Å²) in [5.41, 5.74) is 3.35. The molecule has 0 aromatic carbocycles. The Kier molecular flexibility index (Phi) is 10.3. The average Bonchev–Trinajstić information content (AvgIpc) is 3.51. The Morgan fingerprint density at radius 2 is 1.51 bits per heavy atom. The quantitative estimate of drug-likeness (QED) is 0.385. The molecule has 3 aromatic heterocycles. The Morgan fingerprint density at radius 1 is 0.923 bits per heavy atom. The number of aromatic nitrogens is 1. The van der Waals surface area contributed by atoms with Gasteiger partial charge in [0, 0.05) is 30.8 Å². The second-order valence-corrected chi connectivity index (χ2v) is 7.77. The fourth-order valence-corrected chi connectivity index (χ4v) is 3.24. The maximum Gasteiger partial charge on any atom is 0.490 e. The second kappa shape index (κ2) is 12.9. The highest BCUT2D eigenvalue weighted by molar-refractivity contribution is 5.95. The summed E-state index contributed by atoms with van der Waals surface area (Å²) in [7, 11) is 0. The van der Waals surface area contributed by atoms with Crippen LogP contribution in [0.1, 0.15) is 27.4 Å². The first-order chi connectivity index (χ1) is 18.1. The molecular formula is C23H20F6N2O8. The van der Waals surface area contributed by atoms with E-state index in [9.17, 15) is 36.2 Å². The molecule has 0 saturated heterocycles. The molecule has 4 rings (SSSR count). The van der Waals surface area contributed by atoms with Crippen LogP contribution in [0.4, 0.5) is 26.3 Å². The number of hydrogen-bond acceptors (Lipinski definition) is 7. The van der Waals surface area contributed by atoms with Gasteiger partial charge < -0.3 is 24.2 Å². The molecular weight excluding hydrogens is 546 g/mol. The molecule has 3 aromatic rings. The van der Waals surface area contributed by atoms with Gasteiger partial charge in [0.1, 0.15) is 5.76 Å². The lowest BCUT2D eigenvalue weighted by Gasteiger charge is -2.17. The van der Waals surface area contributed by atoms with Crippen LogP contribution in [0, 0.1) is 0 Å². The van der Waals surface area contributed by atoms with Gasteiger partial charge in [-0.05, 0) is 36.2 Å². The van der Waals surface area contributed by atoms with Crippen LogP contribution in [0.15, 0.2) is 51.9 Å². The molecule has 0 radical (unpaired) electrons. The molecule has 0 fully saturated rings. The van der Waals surface area contributed by atoms with Crippen molar-refractivity contribution < 1.29 is 64.9 Å². The van der Waals surface area contributed by atoms with Gasteiger partial charge in [-0.15, -0.1) is 0 Å². The fourth-order valence-electron chi connectivity index (χ4n) is 3.24. The topological polar surface area (TPSA) is 154 Å². The van der Waals surface area contributed by atoms with E-state index < -0.39 is 30.3 Å². The number of hydrogen-bond donors (Lipinski definition) is 3. The van der Waals surface area contributed by atoms with Crippen molar-refractivity contribution in [1.82, 2.24) is 9.88 Å². The molecule has 4 heterocycles. The summed E-state index contributed by atoms with van der Waals surface area (Å²) in [6, 6.07) is 7.36. The van der Waals surface area contributed by atoms with Crippen LogP contribution in [0.5, 0.6) is 0 Å². The van der Waals surface area contributed by atoms with Crippen LogP contribution in [0.25, 0.3) is 11.3 Å². The number of aliphatic carboxylic acids is 2. The van der Waals surface area contributed by atoms with E-state index in [2.05, 4.69) is 9.88 Å². The number of halogens is 6. The Bertz CT molecular complexity index is 1230. The Labute approximate surface area is 215 Å². The molecule has 0 unspecified atom stereocenters. The summed E-state index contributed by atoms with van der Waals surface area (Å²) in [6.07, 6.45) is -3.88. The van der Waals surface area contributed by atoms with E-state index in [-0.39, 0.29) is 5.56 Å². The number of carbonyl (C=O) groups is 3. The highest BCUT2D eigenvalue weighted by Gasteiger charge is 2.38. The van der Waals surface area contributed by atoms with E-state index in [1.165, 1.54) is 12.5 Å². The minimum absolute atomic E-state index is 0.222. The molecule has 16 heteroatoms. The maximum absolute atomic E-state index is 11.7. The largest absolute Gasteiger partial charge is 0.490 e. The van der Waals surface area contributed by atoms with Gasteiger partial charge in [-0.3, -0.25) is 9.88 Å². The average molecular weight is 566 g/mol. The van der Waals surface area contributed by atoms with Crippen molar-refractivity contribution in [3.63, 3.8) is 0 Å². The van der Waals surface area contributed by atoms with E-state index in [0.717, 1.165) is 49.5 Å². The highest BCUT2D eigenvalue weighted by atomic mass is 19.4. The molecule has 1 aliphatic rings. The smallest absolute Gasteiger partial charge is 0.478 e. The van der Waals surface area contributed by atoms with Crippen molar-refractivity contribution in [3.8, 4) is 11.3 Å². The molecule has 0 spiro atoms. The lowest BCUT2D eigenvalue weighted by molar-refractivity contribution is -0.193. The predicted octanol–water partition coefficient (Wildman–Crippen LogP) is 4.50. The molecule has 212 valence electrons. The summed E-state index contributed by atoms with van der Waals surface area (Å²) in [4.78, 5) is 36.4. The molecule has 0 amide bonds. The van der Waals surface area contributed by atoms with Gasteiger partial charge in [0.15, 0.2) is 0 Å². The lowest BCUT2D eigenvalue weighted by atomic mass is 10.0. The predicted molar refractivity (Wildman–Crippen MR) is 118 cm³/mol. The van der Waals surface area contributed by atoms with Crippen molar-refractivity contribution in [3.05, 3.63) is 65.6 Å². The van der Waals surface area contributed by atoms with Gasteiger partial charge in [-0.1, -0.05) is 0 Å². The number of aromatic carboxylic acids is 1. The molecule has 3 N–H and O–H groups in total. The molecule has 10 nitrogen and oxygen atoms in total. The zero-order chi connectivity index (χ0) is 29.4. The summed E-state index contributed by atoms with van der Waals surface area (Å²) >= 11 is 0. The molecule has 0 atom stereocenters. The van der Waals surface area contributed by atoms with Crippen LogP contribution >= 0.6 is 0 Å². The third kappa shape index (κ3) is 9.48. The van der Waals surface area contributed by atoms with Gasteiger partial charge in [0.25, 0.3) is 0 Å². The molecule has 0 bridgehead atoms. The second-order valence-electron chi connectivity index (χ2n) is 7.77. The SMILES string of the molecule is O=C(O)C(F)(F)F.O=C(O)C(F)(F)F.O=C(O)c1cc2c(nc1-c1ccoc1)CCN(Cc1ccco1)CC2.